The van der Waals surface area contributed by atoms with Gasteiger partial charge in [0.15, 0.2) is 5.00 Å². The van der Waals surface area contributed by atoms with Crippen molar-refractivity contribution >= 4 is 33.6 Å². The highest BCUT2D eigenvalue weighted by Crippen LogP contribution is 2.44. The number of rotatable bonds is 4. The molecule has 1 atom stereocenters. The lowest BCUT2D eigenvalue weighted by molar-refractivity contribution is 0.385. The van der Waals surface area contributed by atoms with E-state index in [1.54, 1.807) is 43.3 Å². The second-order valence-corrected chi connectivity index (χ2v) is 9.32. The minimum atomic E-state index is -0.421. The Balaban J connectivity index is 1.61. The molecule has 178 valence electrons. The molecule has 1 aliphatic heterocycles. The lowest BCUT2D eigenvalue weighted by atomic mass is 9.83. The smallest absolute Gasteiger partial charge is 0.236 e. The van der Waals surface area contributed by atoms with Crippen LogP contribution < -0.4 is 15.4 Å². The van der Waals surface area contributed by atoms with Crippen molar-refractivity contribution in [1.82, 2.24) is 4.68 Å². The summed E-state index contributed by atoms with van der Waals surface area (Å²) in [6.45, 7) is 1.80. The summed E-state index contributed by atoms with van der Waals surface area (Å²) in [6.07, 6.45) is 0. The summed E-state index contributed by atoms with van der Waals surface area (Å²) in [7, 11) is 0. The average Bonchev–Trinajstić information content (AvgIpc) is 3.15. The number of nitrogens with two attached hydrogens (primary N) is 1. The molecule has 8 nitrogen and oxygen atoms in total. The molecule has 1 aliphatic rings. The Morgan fingerprint density at radius 3 is 2.56 bits per heavy atom. The SMILES string of the molecule is Cc1c(N=Nc2ccc(Cl)cc2)s/c(=N\C2=C(C#N)C(c3ccccc3)c3ccc(O)cc3O2)n1N. The molecule has 0 saturated heterocycles. The largest absolute Gasteiger partial charge is 0.508 e. The van der Waals surface area contributed by atoms with Gasteiger partial charge in [0, 0.05) is 16.7 Å². The van der Waals surface area contributed by atoms with Gasteiger partial charge in [0.2, 0.25) is 10.7 Å². The molecular formula is C26H19ClN6O2S. The number of phenolic OH excluding ortho intramolecular Hbond substituents is 1. The third-order valence-electron chi connectivity index (χ3n) is 5.63. The van der Waals surface area contributed by atoms with Gasteiger partial charge in [-0.3, -0.25) is 0 Å². The molecular weight excluding hydrogens is 496 g/mol. The van der Waals surface area contributed by atoms with E-state index in [4.69, 9.17) is 22.2 Å². The molecule has 0 bridgehead atoms. The van der Waals surface area contributed by atoms with Crippen LogP contribution in [-0.4, -0.2) is 9.78 Å². The fourth-order valence-electron chi connectivity index (χ4n) is 3.80. The first-order chi connectivity index (χ1) is 17.4. The predicted octanol–water partition coefficient (Wildman–Crippen LogP) is 6.21. The Kier molecular flexibility index (Phi) is 6.29. The third kappa shape index (κ3) is 4.47. The number of nitrogens with zero attached hydrogens (tertiary/aromatic N) is 5. The van der Waals surface area contributed by atoms with Gasteiger partial charge in [-0.1, -0.05) is 59.3 Å². The Hall–Kier alpha value is -4.39. The maximum Gasteiger partial charge on any atom is 0.236 e. The zero-order valence-corrected chi connectivity index (χ0v) is 20.5. The van der Waals surface area contributed by atoms with Crippen molar-refractivity contribution in [3.05, 3.63) is 111 Å². The molecule has 1 aromatic heterocycles. The molecule has 0 saturated carbocycles. The molecule has 0 spiro atoms. The van der Waals surface area contributed by atoms with Crippen LogP contribution in [-0.2, 0) is 0 Å². The Morgan fingerprint density at radius 1 is 1.08 bits per heavy atom. The van der Waals surface area contributed by atoms with Crippen molar-refractivity contribution in [1.29, 1.82) is 5.26 Å². The number of fused-ring (bicyclic) bond motifs is 1. The van der Waals surface area contributed by atoms with Gasteiger partial charge in [0.05, 0.1) is 17.3 Å². The van der Waals surface area contributed by atoms with E-state index >= 15 is 0 Å². The van der Waals surface area contributed by atoms with Crippen molar-refractivity contribution in [2.24, 2.45) is 15.2 Å². The van der Waals surface area contributed by atoms with Gasteiger partial charge in [-0.2, -0.15) is 10.3 Å². The number of ether oxygens (including phenoxy) is 1. The second kappa shape index (κ2) is 9.70. The van der Waals surface area contributed by atoms with Gasteiger partial charge in [-0.05, 0) is 42.8 Å². The van der Waals surface area contributed by atoms with E-state index in [0.717, 1.165) is 11.1 Å². The maximum atomic E-state index is 10.1. The molecule has 0 aliphatic carbocycles. The fraction of sp³-hybridized carbons (Fsp3) is 0.0769. The van der Waals surface area contributed by atoms with Crippen LogP contribution in [0, 0.1) is 18.3 Å². The van der Waals surface area contributed by atoms with Gasteiger partial charge in [-0.25, -0.2) is 4.68 Å². The summed E-state index contributed by atoms with van der Waals surface area (Å²) in [6, 6.07) is 23.7. The first-order valence-electron chi connectivity index (χ1n) is 10.8. The number of aromatic nitrogens is 1. The summed E-state index contributed by atoms with van der Waals surface area (Å²) >= 11 is 7.14. The number of phenols is 1. The van der Waals surface area contributed by atoms with Crippen LogP contribution in [0.25, 0.3) is 0 Å². The molecule has 3 N–H and O–H groups in total. The van der Waals surface area contributed by atoms with E-state index in [1.807, 2.05) is 30.3 Å². The Morgan fingerprint density at radius 2 is 1.83 bits per heavy atom. The predicted molar refractivity (Wildman–Crippen MR) is 138 cm³/mol. The summed E-state index contributed by atoms with van der Waals surface area (Å²) in [5.74, 6) is 6.42. The standard InChI is InChI=1S/C26H19ClN6O2S/c1-15-25(32-31-18-9-7-17(27)8-10-18)36-26(33(15)29)30-24-21(14-28)23(16-5-3-2-4-6-16)20-12-11-19(34)13-22(20)35-24/h2-13,23,34H,29H2,1H3/b30-26-,32-31?. The fourth-order valence-corrected chi connectivity index (χ4v) is 4.79. The van der Waals surface area contributed by atoms with Crippen LogP contribution in [0.3, 0.4) is 0 Å². The molecule has 2 heterocycles. The van der Waals surface area contributed by atoms with E-state index in [-0.39, 0.29) is 11.6 Å². The minimum absolute atomic E-state index is 0.0473. The summed E-state index contributed by atoms with van der Waals surface area (Å²) < 4.78 is 7.39. The molecule has 0 radical (unpaired) electrons. The zero-order chi connectivity index (χ0) is 25.2. The van der Waals surface area contributed by atoms with Crippen LogP contribution in [0.2, 0.25) is 5.02 Å². The van der Waals surface area contributed by atoms with Crippen LogP contribution in [0.4, 0.5) is 10.7 Å². The van der Waals surface area contributed by atoms with Crippen molar-refractivity contribution in [3.8, 4) is 17.6 Å². The monoisotopic (exact) mass is 514 g/mol. The van der Waals surface area contributed by atoms with Crippen molar-refractivity contribution < 1.29 is 9.84 Å². The maximum absolute atomic E-state index is 10.1. The number of hydrogen-bond acceptors (Lipinski definition) is 8. The molecule has 0 amide bonds. The van der Waals surface area contributed by atoms with Crippen LogP contribution in [0.1, 0.15) is 22.7 Å². The number of benzene rings is 3. The van der Waals surface area contributed by atoms with Crippen LogP contribution >= 0.6 is 22.9 Å². The Bertz CT molecular complexity index is 1620. The van der Waals surface area contributed by atoms with Crippen molar-refractivity contribution in [3.63, 3.8) is 0 Å². The zero-order valence-electron chi connectivity index (χ0n) is 19.0. The number of hydrogen-bond donors (Lipinski definition) is 2. The quantitative estimate of drug-likeness (QED) is 0.248. The third-order valence-corrected chi connectivity index (χ3v) is 6.93. The van der Waals surface area contributed by atoms with Crippen molar-refractivity contribution in [2.75, 3.05) is 5.84 Å². The first kappa shape index (κ1) is 23.4. The van der Waals surface area contributed by atoms with E-state index in [2.05, 4.69) is 21.3 Å². The molecule has 1 unspecified atom stereocenters. The highest BCUT2D eigenvalue weighted by molar-refractivity contribution is 7.13. The van der Waals surface area contributed by atoms with Crippen molar-refractivity contribution in [2.45, 2.75) is 12.8 Å². The number of nitrogen functional groups attached to an aromatic ring is 1. The summed E-state index contributed by atoms with van der Waals surface area (Å²) in [5.41, 5.74) is 3.27. The first-order valence-corrected chi connectivity index (χ1v) is 12.0. The number of azo groups is 1. The lowest BCUT2D eigenvalue weighted by Gasteiger charge is -2.26. The van der Waals surface area contributed by atoms with Crippen LogP contribution in [0.5, 0.6) is 11.5 Å². The molecule has 5 rings (SSSR count). The van der Waals surface area contributed by atoms with E-state index < -0.39 is 5.92 Å². The normalized spacial score (nSPS) is 15.6. The lowest BCUT2D eigenvalue weighted by Crippen LogP contribution is -2.25. The van der Waals surface area contributed by atoms with Gasteiger partial charge in [0.1, 0.15) is 23.1 Å². The average molecular weight is 515 g/mol. The van der Waals surface area contributed by atoms with Gasteiger partial charge in [-0.15, -0.1) is 10.2 Å². The minimum Gasteiger partial charge on any atom is -0.508 e. The van der Waals surface area contributed by atoms with Gasteiger partial charge < -0.3 is 15.7 Å². The highest BCUT2D eigenvalue weighted by Gasteiger charge is 2.32. The molecule has 0 fully saturated rings. The van der Waals surface area contributed by atoms with E-state index in [9.17, 15) is 10.4 Å². The number of aromatic hydroxyl groups is 1. The summed E-state index contributed by atoms with van der Waals surface area (Å²) in [5, 5.41) is 29.9. The highest BCUT2D eigenvalue weighted by atomic mass is 35.5. The Labute approximate surface area is 215 Å². The molecule has 10 heteroatoms. The molecule has 36 heavy (non-hydrogen) atoms. The molecule has 3 aromatic carbocycles. The van der Waals surface area contributed by atoms with E-state index in [0.29, 0.717) is 37.5 Å². The van der Waals surface area contributed by atoms with E-state index in [1.165, 1.54) is 22.1 Å². The number of thiazole rings is 1. The topological polar surface area (TPSA) is 121 Å². The second-order valence-electron chi connectivity index (χ2n) is 7.93. The summed E-state index contributed by atoms with van der Waals surface area (Å²) in [4.78, 5) is 4.98. The van der Waals surface area contributed by atoms with Gasteiger partial charge in [0.25, 0.3) is 0 Å². The molecule has 4 aromatic rings. The number of allylic oxidation sites excluding steroid dienone is 1. The number of halogens is 1. The van der Waals surface area contributed by atoms with Crippen LogP contribution in [0.15, 0.2) is 99.5 Å². The van der Waals surface area contributed by atoms with Gasteiger partial charge >= 0.3 is 0 Å². The number of nitriles is 1.